The average molecular weight is 697 g/mol. The zero-order valence-electron chi connectivity index (χ0n) is 27.2. The highest BCUT2D eigenvalue weighted by molar-refractivity contribution is 5.74. The molecule has 0 aromatic heterocycles. The van der Waals surface area contributed by atoms with E-state index in [4.69, 9.17) is 31.7 Å². The molecule has 0 aromatic carbocycles. The van der Waals surface area contributed by atoms with Crippen LogP contribution < -0.4 is 5.48 Å². The maximum absolute atomic E-state index is 12.2. The lowest BCUT2D eigenvalue weighted by Gasteiger charge is -2.32. The largest absolute Gasteiger partial charge is 0.480 e. The maximum Gasteiger partial charge on any atom is 0.320 e. The lowest BCUT2D eigenvalue weighted by Crippen LogP contribution is -2.50. The molecule has 1 unspecified atom stereocenters. The fourth-order valence-electron chi connectivity index (χ4n) is 3.73. The molecule has 1 atom stereocenters. The molecule has 0 saturated carbocycles. The van der Waals surface area contributed by atoms with Gasteiger partial charge >= 0.3 is 29.8 Å². The number of rotatable bonds is 22. The van der Waals surface area contributed by atoms with Crippen molar-refractivity contribution in [2.45, 2.75) is 25.3 Å². The minimum Gasteiger partial charge on any atom is -0.480 e. The number of hydrogen-bond acceptors (Lipinski definition) is 10. The van der Waals surface area contributed by atoms with E-state index in [2.05, 4.69) is 106 Å². The van der Waals surface area contributed by atoms with Crippen molar-refractivity contribution >= 4 is 29.8 Å². The summed E-state index contributed by atoms with van der Waals surface area (Å²) in [4.78, 5) is 65.6. The Morgan fingerprint density at radius 3 is 1.27 bits per heavy atom. The number of hydrogen-bond donors (Lipinski definition) is 6. The van der Waals surface area contributed by atoms with Gasteiger partial charge in [0.05, 0.1) is 26.2 Å². The molecule has 0 heterocycles. The molecule has 0 aromatic rings. The molecule has 0 spiro atoms. The third-order valence-corrected chi connectivity index (χ3v) is 5.70. The summed E-state index contributed by atoms with van der Waals surface area (Å²) >= 11 is 0. The molecule has 15 heteroatoms. The van der Waals surface area contributed by atoms with Crippen LogP contribution in [0.3, 0.4) is 0 Å². The Hall–Kier alpha value is -6.97. The normalized spacial score (nSPS) is 9.37. The van der Waals surface area contributed by atoms with Crippen LogP contribution in [0.25, 0.3) is 0 Å². The van der Waals surface area contributed by atoms with Crippen molar-refractivity contribution in [2.75, 3.05) is 58.9 Å². The predicted molar refractivity (Wildman–Crippen MR) is 180 cm³/mol. The van der Waals surface area contributed by atoms with Crippen molar-refractivity contribution in [2.24, 2.45) is 0 Å². The van der Waals surface area contributed by atoms with E-state index in [0.717, 1.165) is 9.80 Å². The molecule has 0 rings (SSSR count). The van der Waals surface area contributed by atoms with Crippen molar-refractivity contribution in [3.05, 3.63) is 0 Å². The Bertz CT molecular complexity index is 1740. The van der Waals surface area contributed by atoms with E-state index in [1.165, 1.54) is 4.90 Å². The van der Waals surface area contributed by atoms with Gasteiger partial charge in [-0.15, -0.1) is 11.9 Å². The number of nitrogens with one attached hydrogen (secondary N) is 1. The molecule has 6 N–H and O–H groups in total. The first-order chi connectivity index (χ1) is 24.5. The second kappa shape index (κ2) is 29.2. The Kier molecular flexibility index (Phi) is 25.2. The number of terminal acetylenes is 1. The van der Waals surface area contributed by atoms with Crippen LogP contribution in [0.2, 0.25) is 0 Å². The highest BCUT2D eigenvalue weighted by atomic mass is 16.6. The zero-order valence-corrected chi connectivity index (χ0v) is 27.2. The number of aliphatic carboxylic acids is 5. The third-order valence-electron chi connectivity index (χ3n) is 5.70. The summed E-state index contributed by atoms with van der Waals surface area (Å²) in [6.07, 6.45) is 8.13. The monoisotopic (exact) mass is 696 g/mol. The van der Waals surface area contributed by atoms with Crippen molar-refractivity contribution < 1.29 is 54.3 Å². The van der Waals surface area contributed by atoms with Gasteiger partial charge in [-0.3, -0.25) is 38.7 Å². The zero-order chi connectivity index (χ0) is 38.1. The van der Waals surface area contributed by atoms with E-state index in [0.29, 0.717) is 12.8 Å². The van der Waals surface area contributed by atoms with Crippen molar-refractivity contribution in [3.63, 3.8) is 0 Å². The van der Waals surface area contributed by atoms with Crippen LogP contribution in [0.5, 0.6) is 0 Å². The fraction of sp³-hybridized carbons (Fsp3) is 0.361. The minimum absolute atomic E-state index is 0.0918. The molecule has 0 aliphatic rings. The molecule has 15 nitrogen and oxygen atoms in total. The summed E-state index contributed by atoms with van der Waals surface area (Å²) in [5.74, 6) is 32.1. The molecular weight excluding hydrogens is 664 g/mol. The van der Waals surface area contributed by atoms with E-state index in [9.17, 15) is 29.1 Å². The van der Waals surface area contributed by atoms with E-state index in [1.807, 2.05) is 0 Å². The molecule has 0 fully saturated rings. The predicted octanol–water partition coefficient (Wildman–Crippen LogP) is -2.01. The summed E-state index contributed by atoms with van der Waals surface area (Å²) in [6, 6.07) is -1.13. The molecule has 0 aliphatic carbocycles. The summed E-state index contributed by atoms with van der Waals surface area (Å²) < 4.78 is 0. The van der Waals surface area contributed by atoms with Crippen molar-refractivity contribution in [1.82, 2.24) is 20.2 Å². The minimum atomic E-state index is -1.28. The number of carboxylic acids is 5. The van der Waals surface area contributed by atoms with Crippen LogP contribution in [-0.4, -0.2) is 135 Å². The standard InChI is InChI=1S/C36H32N4O11/c1-2-3-4-5-6-7-8-9-10-11-12-13-14-15-16-19-26-51-37-21-18-17-20-31(36(49)50)40(24-22-38(27-32(41)42)28-33(43)44)25-23-39(29-34(45)46)30-35(47)48/h1,31,37H,17-18,20-25,27-30H2,(H,41,42)(H,43,44)(H,45,46)(H,47,48)(H,49,50). The third kappa shape index (κ3) is 27.8. The Morgan fingerprint density at radius 2 is 0.922 bits per heavy atom. The van der Waals surface area contributed by atoms with E-state index >= 15 is 0 Å². The van der Waals surface area contributed by atoms with Gasteiger partial charge in [0.25, 0.3) is 0 Å². The van der Waals surface area contributed by atoms with E-state index < -0.39 is 62.1 Å². The Labute approximate surface area is 295 Å². The quantitative estimate of drug-likeness (QED) is 0.0410. The molecule has 262 valence electrons. The summed E-state index contributed by atoms with van der Waals surface area (Å²) in [6.45, 7) is -2.62. The van der Waals surface area contributed by atoms with Gasteiger partial charge in [0.2, 0.25) is 0 Å². The number of hydroxylamine groups is 1. The summed E-state index contributed by atoms with van der Waals surface area (Å²) in [7, 11) is 0. The van der Waals surface area contributed by atoms with Crippen LogP contribution in [0.4, 0.5) is 0 Å². The van der Waals surface area contributed by atoms with E-state index in [1.54, 1.807) is 0 Å². The first-order valence-electron chi connectivity index (χ1n) is 14.6. The fourth-order valence-corrected chi connectivity index (χ4v) is 3.73. The van der Waals surface area contributed by atoms with Crippen LogP contribution in [-0.2, 0) is 28.8 Å². The SMILES string of the molecule is C#CC#CC#CC#CC#CC#CC#CC#CC#CONCCCCC(C(=O)O)N(CCN(CC(=O)O)CC(=O)O)CCN(CC(=O)O)CC(=O)O. The number of nitrogens with zero attached hydrogens (tertiary/aromatic N) is 3. The van der Waals surface area contributed by atoms with Gasteiger partial charge in [0.1, 0.15) is 6.04 Å². The van der Waals surface area contributed by atoms with Gasteiger partial charge in [-0.05, 0) is 66.6 Å². The first kappa shape index (κ1) is 44.0. The van der Waals surface area contributed by atoms with Crippen LogP contribution >= 0.6 is 0 Å². The number of carboxylic acid groups (broad SMARTS) is 5. The number of carbonyl (C=O) groups is 5. The van der Waals surface area contributed by atoms with Gasteiger partial charge in [-0.1, -0.05) is 0 Å². The van der Waals surface area contributed by atoms with Crippen LogP contribution in [0.1, 0.15) is 19.3 Å². The Morgan fingerprint density at radius 1 is 0.549 bits per heavy atom. The van der Waals surface area contributed by atoms with Crippen molar-refractivity contribution in [1.29, 1.82) is 0 Å². The molecular formula is C36H32N4O11. The summed E-state index contributed by atoms with van der Waals surface area (Å²) in [5, 5.41) is 46.5. The number of unbranched alkanes of at least 4 members (excludes halogenated alkanes) is 1. The molecule has 0 radical (unpaired) electrons. The molecule has 0 bridgehead atoms. The van der Waals surface area contributed by atoms with Crippen LogP contribution in [0.15, 0.2) is 0 Å². The van der Waals surface area contributed by atoms with Gasteiger partial charge in [-0.25, -0.2) is 0 Å². The van der Waals surface area contributed by atoms with Gasteiger partial charge in [0, 0.05) is 80.1 Å². The molecule has 0 amide bonds. The van der Waals surface area contributed by atoms with Crippen LogP contribution in [0, 0.1) is 107 Å². The maximum atomic E-state index is 12.2. The highest BCUT2D eigenvalue weighted by Crippen LogP contribution is 2.11. The molecule has 0 aliphatic heterocycles. The van der Waals surface area contributed by atoms with Gasteiger partial charge in [-0.2, -0.15) is 0 Å². The molecule has 0 saturated heterocycles. The topological polar surface area (TPSA) is 217 Å². The second-order valence-electron chi connectivity index (χ2n) is 9.50. The highest BCUT2D eigenvalue weighted by Gasteiger charge is 2.27. The Balaban J connectivity index is 5.11. The molecule has 51 heavy (non-hydrogen) atoms. The second-order valence-corrected chi connectivity index (χ2v) is 9.50. The average Bonchev–Trinajstić information content (AvgIpc) is 3.04. The first-order valence-corrected chi connectivity index (χ1v) is 14.6. The van der Waals surface area contributed by atoms with Gasteiger partial charge < -0.3 is 30.4 Å². The summed E-state index contributed by atoms with van der Waals surface area (Å²) in [5.41, 5.74) is 2.58. The lowest BCUT2D eigenvalue weighted by atomic mass is 10.1. The lowest BCUT2D eigenvalue weighted by molar-refractivity contribution is -0.146. The van der Waals surface area contributed by atoms with Crippen molar-refractivity contribution in [3.8, 4) is 107 Å². The van der Waals surface area contributed by atoms with Gasteiger partial charge in [0.15, 0.2) is 6.11 Å². The van der Waals surface area contributed by atoms with E-state index in [-0.39, 0.29) is 39.1 Å². The smallest absolute Gasteiger partial charge is 0.320 e.